The van der Waals surface area contributed by atoms with Crippen LogP contribution in [0.1, 0.15) is 36.4 Å². The van der Waals surface area contributed by atoms with Crippen LogP contribution >= 0.6 is 0 Å². The van der Waals surface area contributed by atoms with Crippen molar-refractivity contribution in [3.63, 3.8) is 0 Å². The number of aryl methyl sites for hydroxylation is 1. The zero-order chi connectivity index (χ0) is 23.0. The van der Waals surface area contributed by atoms with Crippen LogP contribution in [0.15, 0.2) is 51.8 Å². The van der Waals surface area contributed by atoms with E-state index in [9.17, 15) is 13.2 Å². The summed E-state index contributed by atoms with van der Waals surface area (Å²) in [5.74, 6) is 1.09. The van der Waals surface area contributed by atoms with E-state index >= 15 is 0 Å². The highest BCUT2D eigenvalue weighted by molar-refractivity contribution is 7.89. The number of amides is 1. The van der Waals surface area contributed by atoms with Crippen molar-refractivity contribution in [2.75, 3.05) is 25.5 Å². The number of carbonyl (C=O) groups excluding carboxylic acids is 1. The first-order valence-electron chi connectivity index (χ1n) is 10.7. The largest absolute Gasteiger partial charge is 0.497 e. The van der Waals surface area contributed by atoms with Gasteiger partial charge in [0.2, 0.25) is 10.0 Å². The second-order valence-electron chi connectivity index (χ2n) is 8.66. The van der Waals surface area contributed by atoms with Crippen molar-refractivity contribution in [2.24, 2.45) is 11.8 Å². The van der Waals surface area contributed by atoms with E-state index in [-0.39, 0.29) is 10.7 Å². The second kappa shape index (κ2) is 8.60. The van der Waals surface area contributed by atoms with Crippen LogP contribution in [0.2, 0.25) is 0 Å². The summed E-state index contributed by atoms with van der Waals surface area (Å²) in [7, 11) is -2.05. The van der Waals surface area contributed by atoms with E-state index < -0.39 is 15.9 Å². The number of hydrogen-bond donors (Lipinski definition) is 1. The quantitative estimate of drug-likeness (QED) is 0.603. The average Bonchev–Trinajstić information content (AvgIpc) is 3.09. The number of methoxy groups -OCH3 is 1. The van der Waals surface area contributed by atoms with Gasteiger partial charge in [-0.2, -0.15) is 4.31 Å². The number of piperidine rings is 1. The summed E-state index contributed by atoms with van der Waals surface area (Å²) in [4.78, 5) is 13.0. The van der Waals surface area contributed by atoms with E-state index in [0.29, 0.717) is 52.9 Å². The van der Waals surface area contributed by atoms with E-state index in [2.05, 4.69) is 19.2 Å². The Balaban J connectivity index is 1.62. The van der Waals surface area contributed by atoms with Gasteiger partial charge in [-0.1, -0.05) is 13.8 Å². The lowest BCUT2D eigenvalue weighted by Crippen LogP contribution is -2.42. The van der Waals surface area contributed by atoms with Crippen LogP contribution in [0.5, 0.6) is 5.75 Å². The third kappa shape index (κ3) is 4.25. The molecule has 0 aliphatic carbocycles. The van der Waals surface area contributed by atoms with Crippen molar-refractivity contribution < 1.29 is 22.4 Å². The number of nitrogens with zero attached hydrogens (tertiary/aromatic N) is 1. The Morgan fingerprint density at radius 2 is 1.75 bits per heavy atom. The van der Waals surface area contributed by atoms with Crippen LogP contribution in [0.3, 0.4) is 0 Å². The molecule has 1 amide bonds. The normalized spacial score (nSPS) is 19.8. The summed E-state index contributed by atoms with van der Waals surface area (Å²) >= 11 is 0. The molecule has 8 heteroatoms. The molecule has 2 aromatic carbocycles. The highest BCUT2D eigenvalue weighted by atomic mass is 32.2. The average molecular weight is 457 g/mol. The molecule has 1 fully saturated rings. The molecule has 1 aliphatic heterocycles. The van der Waals surface area contributed by atoms with E-state index in [1.807, 2.05) is 0 Å². The molecule has 0 bridgehead atoms. The molecule has 0 unspecified atom stereocenters. The van der Waals surface area contributed by atoms with Gasteiger partial charge in [0.1, 0.15) is 11.3 Å². The molecule has 1 aliphatic rings. The molecule has 32 heavy (non-hydrogen) atoms. The Bertz CT molecular complexity index is 1240. The minimum atomic E-state index is -3.62. The number of furan rings is 1. The van der Waals surface area contributed by atoms with Crippen LogP contribution in [0, 0.1) is 18.8 Å². The Labute approximate surface area is 188 Å². The van der Waals surface area contributed by atoms with Crippen LogP contribution in [0.25, 0.3) is 11.0 Å². The highest BCUT2D eigenvalue weighted by Gasteiger charge is 2.32. The third-order valence-electron chi connectivity index (χ3n) is 5.93. The molecule has 0 radical (unpaired) electrons. The number of carbonyl (C=O) groups is 1. The number of nitrogens with one attached hydrogen (secondary N) is 1. The van der Waals surface area contributed by atoms with Gasteiger partial charge in [-0.05, 0) is 67.6 Å². The first-order valence-corrected chi connectivity index (χ1v) is 12.1. The summed E-state index contributed by atoms with van der Waals surface area (Å²) in [6, 6.07) is 11.8. The van der Waals surface area contributed by atoms with Crippen molar-refractivity contribution >= 4 is 32.6 Å². The number of anilines is 1. The predicted molar refractivity (Wildman–Crippen MR) is 124 cm³/mol. The van der Waals surface area contributed by atoms with Crippen molar-refractivity contribution in [3.8, 4) is 5.75 Å². The SMILES string of the molecule is COc1ccc(NC(=O)c2oc3ccc(S(=O)(=O)N4C[C@@H](C)C[C@H](C)C4)cc3c2C)cc1. The summed E-state index contributed by atoms with van der Waals surface area (Å²) in [6.45, 7) is 6.95. The predicted octanol–water partition coefficient (Wildman–Crippen LogP) is 4.67. The van der Waals surface area contributed by atoms with Gasteiger partial charge in [0.15, 0.2) is 5.76 Å². The molecule has 0 spiro atoms. The van der Waals surface area contributed by atoms with E-state index in [0.717, 1.165) is 6.42 Å². The Hall–Kier alpha value is -2.84. The van der Waals surface area contributed by atoms with Gasteiger partial charge < -0.3 is 14.5 Å². The molecule has 1 saturated heterocycles. The fourth-order valence-electron chi connectivity index (χ4n) is 4.39. The lowest BCUT2D eigenvalue weighted by atomic mass is 9.94. The van der Waals surface area contributed by atoms with Gasteiger partial charge >= 0.3 is 0 Å². The minimum Gasteiger partial charge on any atom is -0.497 e. The standard InChI is InChI=1S/C24H28N2O5S/c1-15-11-16(2)14-26(13-15)32(28,29)20-9-10-22-21(12-20)17(3)23(31-22)24(27)25-18-5-7-19(30-4)8-6-18/h5-10,12,15-16H,11,13-14H2,1-4H3,(H,25,27)/t15-,16-/m0/s1. The first-order chi connectivity index (χ1) is 15.2. The molecule has 0 saturated carbocycles. The second-order valence-corrected chi connectivity index (χ2v) is 10.6. The molecule has 7 nitrogen and oxygen atoms in total. The van der Waals surface area contributed by atoms with Gasteiger partial charge in [0, 0.05) is 29.7 Å². The lowest BCUT2D eigenvalue weighted by Gasteiger charge is -2.34. The fourth-order valence-corrected chi connectivity index (χ4v) is 6.10. The van der Waals surface area contributed by atoms with E-state index in [1.54, 1.807) is 60.8 Å². The van der Waals surface area contributed by atoms with Gasteiger partial charge in [-0.25, -0.2) is 8.42 Å². The fraction of sp³-hybridized carbons (Fsp3) is 0.375. The number of fused-ring (bicyclic) bond motifs is 1. The van der Waals surface area contributed by atoms with Crippen LogP contribution in [-0.4, -0.2) is 38.8 Å². The molecule has 1 aromatic heterocycles. The molecule has 2 atom stereocenters. The summed E-state index contributed by atoms with van der Waals surface area (Å²) in [6.07, 6.45) is 1.03. The number of ether oxygens (including phenoxy) is 1. The monoisotopic (exact) mass is 456 g/mol. The number of hydrogen-bond acceptors (Lipinski definition) is 5. The molecule has 2 heterocycles. The zero-order valence-electron chi connectivity index (χ0n) is 18.7. The van der Waals surface area contributed by atoms with Crippen LogP contribution in [0.4, 0.5) is 5.69 Å². The first kappa shape index (κ1) is 22.4. The van der Waals surface area contributed by atoms with Crippen LogP contribution < -0.4 is 10.1 Å². The maximum atomic E-state index is 13.3. The third-order valence-corrected chi connectivity index (χ3v) is 7.76. The summed E-state index contributed by atoms with van der Waals surface area (Å²) in [5, 5.41) is 3.42. The minimum absolute atomic E-state index is 0.158. The van der Waals surface area contributed by atoms with E-state index in [4.69, 9.17) is 9.15 Å². The summed E-state index contributed by atoms with van der Waals surface area (Å²) < 4.78 is 39.0. The number of sulfonamides is 1. The zero-order valence-corrected chi connectivity index (χ0v) is 19.5. The van der Waals surface area contributed by atoms with Crippen molar-refractivity contribution in [1.82, 2.24) is 4.31 Å². The lowest BCUT2D eigenvalue weighted by molar-refractivity contribution is 0.0998. The topological polar surface area (TPSA) is 88.8 Å². The Morgan fingerprint density at radius 3 is 2.38 bits per heavy atom. The van der Waals surface area contributed by atoms with E-state index in [1.165, 1.54) is 0 Å². The van der Waals surface area contributed by atoms with Crippen molar-refractivity contribution in [3.05, 3.63) is 53.8 Å². The molecular formula is C24H28N2O5S. The molecular weight excluding hydrogens is 428 g/mol. The van der Waals surface area contributed by atoms with Crippen molar-refractivity contribution in [1.29, 1.82) is 0 Å². The number of benzene rings is 2. The van der Waals surface area contributed by atoms with Crippen LogP contribution in [-0.2, 0) is 10.0 Å². The maximum Gasteiger partial charge on any atom is 0.291 e. The number of rotatable bonds is 5. The molecule has 170 valence electrons. The summed E-state index contributed by atoms with van der Waals surface area (Å²) in [5.41, 5.74) is 1.68. The highest BCUT2D eigenvalue weighted by Crippen LogP contribution is 2.31. The Morgan fingerprint density at radius 1 is 1.09 bits per heavy atom. The molecule has 3 aromatic rings. The van der Waals surface area contributed by atoms with Gasteiger partial charge in [-0.15, -0.1) is 0 Å². The maximum absolute atomic E-state index is 13.3. The smallest absolute Gasteiger partial charge is 0.291 e. The van der Waals surface area contributed by atoms with Gasteiger partial charge in [0.05, 0.1) is 12.0 Å². The molecule has 4 rings (SSSR count). The Kier molecular flexibility index (Phi) is 6.01. The van der Waals surface area contributed by atoms with Gasteiger partial charge in [0.25, 0.3) is 5.91 Å². The molecule has 1 N–H and O–H groups in total. The van der Waals surface area contributed by atoms with Crippen molar-refractivity contribution in [2.45, 2.75) is 32.1 Å². The van der Waals surface area contributed by atoms with Gasteiger partial charge in [-0.3, -0.25) is 4.79 Å².